The zero-order chi connectivity index (χ0) is 57.6. The molecule has 7 aromatic carbocycles. The van der Waals surface area contributed by atoms with Gasteiger partial charge in [0.2, 0.25) is 0 Å². The second kappa shape index (κ2) is 24.4. The minimum absolute atomic E-state index is 0.0290. The zero-order valence-corrected chi connectivity index (χ0v) is 47.3. The lowest BCUT2D eigenvalue weighted by Gasteiger charge is -2.49. The van der Waals surface area contributed by atoms with Gasteiger partial charge >= 0.3 is 11.9 Å². The Labute approximate surface area is 495 Å². The molecule has 2 atom stereocenters. The maximum atomic E-state index is 15.1. The van der Waals surface area contributed by atoms with Crippen LogP contribution in [-0.4, -0.2) is 87.1 Å². The molecule has 1 fully saturated rings. The van der Waals surface area contributed by atoms with Crippen molar-refractivity contribution < 1.29 is 33.9 Å². The third-order valence-electron chi connectivity index (χ3n) is 14.3. The number of oxime groups is 1. The molecule has 1 saturated heterocycles. The Balaban J connectivity index is 0.820. The number of carbonyl (C=O) groups is 4. The number of amides is 2. The van der Waals surface area contributed by atoms with E-state index in [1.807, 2.05) is 212 Å². The van der Waals surface area contributed by atoms with E-state index < -0.39 is 58.6 Å². The molecule has 84 heavy (non-hydrogen) atoms. The van der Waals surface area contributed by atoms with Crippen LogP contribution in [0.2, 0.25) is 0 Å². The molecule has 3 aromatic heterocycles. The highest BCUT2D eigenvalue weighted by Gasteiger charge is 2.55. The van der Waals surface area contributed by atoms with E-state index in [9.17, 15) is 19.6 Å². The number of aromatic nitrogens is 5. The smallest absolute Gasteiger partial charge is 0.379 e. The number of thioether (sulfide) groups is 2. The topological polar surface area (TPSA) is 203 Å². The molecule has 5 heterocycles. The van der Waals surface area contributed by atoms with Gasteiger partial charge in [0.15, 0.2) is 23.1 Å². The summed E-state index contributed by atoms with van der Waals surface area (Å²) < 4.78 is 14.0. The molecule has 0 unspecified atom stereocenters. The fraction of sp³-hybridized carbons (Fsp3) is 0.123. The Morgan fingerprint density at radius 1 is 0.679 bits per heavy atom. The van der Waals surface area contributed by atoms with E-state index in [0.29, 0.717) is 32.6 Å². The number of thiazole rings is 1. The van der Waals surface area contributed by atoms with Crippen molar-refractivity contribution in [2.75, 3.05) is 16.8 Å². The number of β-lactam (4-membered cyclic amide) rings is 1. The van der Waals surface area contributed by atoms with Crippen molar-refractivity contribution in [1.29, 1.82) is 0 Å². The maximum absolute atomic E-state index is 15.1. The van der Waals surface area contributed by atoms with Gasteiger partial charge in [-0.05, 0) is 57.5 Å². The molecule has 10 aromatic rings. The number of ether oxygens (including phenoxy) is 2. The number of esters is 2. The predicted octanol–water partition coefficient (Wildman–Crippen LogP) is 11.2. The van der Waals surface area contributed by atoms with E-state index >= 15 is 4.79 Å². The van der Waals surface area contributed by atoms with Crippen molar-refractivity contribution >= 4 is 75.2 Å². The highest BCUT2D eigenvalue weighted by Crippen LogP contribution is 2.44. The average molecular weight is 1170 g/mol. The first-order valence-corrected chi connectivity index (χ1v) is 29.7. The predicted molar refractivity (Wildman–Crippen MR) is 323 cm³/mol. The summed E-state index contributed by atoms with van der Waals surface area (Å²) in [7, 11) is 0. The van der Waals surface area contributed by atoms with Gasteiger partial charge in [0.25, 0.3) is 23.4 Å². The summed E-state index contributed by atoms with van der Waals surface area (Å²) in [6.07, 6.45) is -1.58. The summed E-state index contributed by atoms with van der Waals surface area (Å²) in [4.78, 5) is 73.3. The van der Waals surface area contributed by atoms with Crippen LogP contribution in [0.5, 0.6) is 0 Å². The summed E-state index contributed by atoms with van der Waals surface area (Å²) in [6, 6.07) is 68.0. The number of hydrogen-bond acceptors (Lipinski definition) is 16. The molecule has 3 N–H and O–H groups in total. The highest BCUT2D eigenvalue weighted by molar-refractivity contribution is 8.01. The first-order chi connectivity index (χ1) is 41.2. The van der Waals surface area contributed by atoms with Crippen molar-refractivity contribution in [2.24, 2.45) is 5.16 Å². The van der Waals surface area contributed by atoms with Gasteiger partial charge in [0, 0.05) is 22.6 Å². The first kappa shape index (κ1) is 54.9. The normalized spacial score (nSPS) is 15.2. The molecule has 416 valence electrons. The lowest BCUT2D eigenvalue weighted by atomic mass is 9.77. The molecule has 19 heteroatoms. The van der Waals surface area contributed by atoms with Gasteiger partial charge < -0.3 is 25.3 Å². The minimum atomic E-state index is -1.13. The molecular weight excluding hydrogens is 1110 g/mol. The number of nitrogens with one attached hydrogen (secondary N) is 2. The molecule has 0 bridgehead atoms. The molecule has 0 spiro atoms. The number of carbonyl (C=O) groups excluding carboxylic acids is 4. The van der Waals surface area contributed by atoms with Gasteiger partial charge in [-0.1, -0.05) is 217 Å². The molecular formula is C65H51N9O7S3. The van der Waals surface area contributed by atoms with Crippen LogP contribution in [0.15, 0.2) is 245 Å². The number of rotatable bonds is 19. The minimum Gasteiger partial charge on any atom is -0.448 e. The number of aryl methyl sites for hydroxylation is 1. The van der Waals surface area contributed by atoms with Gasteiger partial charge in [-0.15, -0.1) is 40.0 Å². The van der Waals surface area contributed by atoms with Crippen molar-refractivity contribution in [3.63, 3.8) is 0 Å². The van der Waals surface area contributed by atoms with Crippen LogP contribution >= 0.6 is 34.9 Å². The van der Waals surface area contributed by atoms with Crippen molar-refractivity contribution in [3.05, 3.63) is 291 Å². The zero-order valence-electron chi connectivity index (χ0n) is 44.8. The third kappa shape index (κ3) is 11.1. The van der Waals surface area contributed by atoms with Gasteiger partial charge in [-0.2, -0.15) is 9.50 Å². The summed E-state index contributed by atoms with van der Waals surface area (Å²) in [5.41, 5.74) is 5.70. The van der Waals surface area contributed by atoms with E-state index in [-0.39, 0.29) is 34.5 Å². The van der Waals surface area contributed by atoms with Crippen LogP contribution in [0, 0.1) is 6.92 Å². The summed E-state index contributed by atoms with van der Waals surface area (Å²) in [5.74, 6) is -2.56. The van der Waals surface area contributed by atoms with Gasteiger partial charge in [0.1, 0.15) is 33.4 Å². The van der Waals surface area contributed by atoms with Crippen LogP contribution in [0.1, 0.15) is 73.2 Å². The SMILES string of the molecule is Cc1cc(SCC2=C(C(=O)OC(c3ccccc3)c3ccccc3)N3C(=O)[C@@H](NC(=O)/C(=N\O)c4csc(NC(c5ccccc5)(c5ccccc5)c5ccccc5)n4)[C@H]3SC2)n2nc(C(=O)OC(c3ccccc3)c3ccccc3)nc2n1. The summed E-state index contributed by atoms with van der Waals surface area (Å²) in [6.45, 7) is 1.80. The second-order valence-electron chi connectivity index (χ2n) is 19.7. The molecule has 16 nitrogen and oxygen atoms in total. The van der Waals surface area contributed by atoms with Crippen LogP contribution in [0.25, 0.3) is 5.78 Å². The standard InChI is InChI=1S/C65H51N9O7S3/c1-41-37-51(74-63(66-41)69-57(71-74)62(78)81-56(44-27-13-4-14-28-44)45-29-15-5-16-30-45)82-38-46-39-83-60-53(59(76)73(60)54(46)61(77)80-55(42-23-9-2-10-24-42)43-25-11-3-12-26-43)68-58(75)52(72-79)50-40-84-64(67-50)70-65(47-31-17-6-18-32-47,48-33-19-7-20-34-48)49-35-21-8-22-36-49/h2-37,40,53,55-56,60,79H,38-39H2,1H3,(H,67,70)(H,68,75)/b72-52-/t53-,60-/m1/s1. The molecule has 0 aliphatic carbocycles. The van der Waals surface area contributed by atoms with Crippen molar-refractivity contribution in [2.45, 2.75) is 41.1 Å². The number of anilines is 1. The van der Waals surface area contributed by atoms with Crippen LogP contribution < -0.4 is 10.6 Å². The summed E-state index contributed by atoms with van der Waals surface area (Å²) in [5, 5.41) is 26.8. The van der Waals surface area contributed by atoms with Gasteiger partial charge in [-0.25, -0.2) is 19.6 Å². The Morgan fingerprint density at radius 3 is 1.64 bits per heavy atom. The number of nitrogens with zero attached hydrogens (tertiary/aromatic N) is 7. The fourth-order valence-corrected chi connectivity index (χ4v) is 13.7. The van der Waals surface area contributed by atoms with E-state index in [4.69, 9.17) is 14.5 Å². The quantitative estimate of drug-likeness (QED) is 0.0101. The maximum Gasteiger partial charge on any atom is 0.379 e. The average Bonchev–Trinajstić information content (AvgIpc) is 3.03. The van der Waals surface area contributed by atoms with Gasteiger partial charge in [0.05, 0.1) is 0 Å². The first-order valence-electron chi connectivity index (χ1n) is 26.8. The monoisotopic (exact) mass is 1170 g/mol. The Kier molecular flexibility index (Phi) is 15.9. The number of benzene rings is 7. The Bertz CT molecular complexity index is 3890. The van der Waals surface area contributed by atoms with Crippen LogP contribution in [-0.2, 0) is 29.4 Å². The van der Waals surface area contributed by atoms with E-state index in [2.05, 4.69) is 30.9 Å². The van der Waals surface area contributed by atoms with E-state index in [0.717, 1.165) is 27.8 Å². The van der Waals surface area contributed by atoms with E-state index in [1.165, 1.54) is 44.3 Å². The molecule has 0 saturated carbocycles. The largest absolute Gasteiger partial charge is 0.448 e. The molecule has 0 radical (unpaired) electrons. The van der Waals surface area contributed by atoms with Crippen molar-refractivity contribution in [3.8, 4) is 0 Å². The Morgan fingerprint density at radius 2 is 1.15 bits per heavy atom. The molecule has 2 amide bonds. The number of fused-ring (bicyclic) bond motifs is 2. The molecule has 12 rings (SSSR count). The Hall–Kier alpha value is -9.69. The van der Waals surface area contributed by atoms with Crippen LogP contribution in [0.3, 0.4) is 0 Å². The molecule has 2 aliphatic heterocycles. The molecule has 2 aliphatic rings. The van der Waals surface area contributed by atoms with E-state index in [1.54, 1.807) is 18.4 Å². The van der Waals surface area contributed by atoms with Gasteiger partial charge in [-0.3, -0.25) is 14.5 Å². The number of hydrogen-bond donors (Lipinski definition) is 3. The third-order valence-corrected chi connectivity index (χ3v) is 17.5. The fourth-order valence-electron chi connectivity index (χ4n) is 10.4. The van der Waals surface area contributed by atoms with Crippen LogP contribution in [0.4, 0.5) is 5.13 Å². The lowest BCUT2D eigenvalue weighted by molar-refractivity contribution is -0.154. The lowest BCUT2D eigenvalue weighted by Crippen LogP contribution is -2.71. The summed E-state index contributed by atoms with van der Waals surface area (Å²) >= 11 is 3.89. The van der Waals surface area contributed by atoms with Crippen molar-refractivity contribution in [1.82, 2.24) is 34.8 Å². The second-order valence-corrected chi connectivity index (χ2v) is 22.6. The highest BCUT2D eigenvalue weighted by atomic mass is 32.2.